The normalized spacial score (nSPS) is 16.4. The number of amides is 1. The minimum absolute atomic E-state index is 0.0213. The van der Waals surface area contributed by atoms with Crippen molar-refractivity contribution in [2.45, 2.75) is 31.7 Å². The number of halogens is 1. The Hall–Kier alpha value is -3.06. The molecule has 0 radical (unpaired) electrons. The van der Waals surface area contributed by atoms with Gasteiger partial charge in [0.25, 0.3) is 5.91 Å². The number of benzene rings is 2. The molecule has 1 saturated heterocycles. The van der Waals surface area contributed by atoms with Gasteiger partial charge in [-0.3, -0.25) is 4.79 Å². The fourth-order valence-electron chi connectivity index (χ4n) is 4.13. The zero-order valence-electron chi connectivity index (χ0n) is 16.3. The van der Waals surface area contributed by atoms with Gasteiger partial charge in [0.15, 0.2) is 0 Å². The quantitative estimate of drug-likeness (QED) is 0.513. The number of nitrogens with zero attached hydrogens (tertiary/aromatic N) is 3. The van der Waals surface area contributed by atoms with Crippen molar-refractivity contribution in [2.75, 3.05) is 6.54 Å². The molecular formula is C23H21FN4OS. The van der Waals surface area contributed by atoms with Crippen LogP contribution in [-0.2, 0) is 12.8 Å². The van der Waals surface area contributed by atoms with E-state index < -0.39 is 0 Å². The lowest BCUT2D eigenvalue weighted by atomic mass is 10.1. The fraction of sp³-hybridized carbons (Fsp3) is 0.261. The van der Waals surface area contributed by atoms with Crippen LogP contribution in [0.15, 0.2) is 54.0 Å². The average Bonchev–Trinajstić information content (AvgIpc) is 3.48. The van der Waals surface area contributed by atoms with Crippen molar-refractivity contribution >= 4 is 28.3 Å². The van der Waals surface area contributed by atoms with Crippen LogP contribution in [0.3, 0.4) is 0 Å². The van der Waals surface area contributed by atoms with Crippen molar-refractivity contribution in [3.05, 3.63) is 81.8 Å². The van der Waals surface area contributed by atoms with Gasteiger partial charge in [-0.2, -0.15) is 0 Å². The summed E-state index contributed by atoms with van der Waals surface area (Å²) in [7, 11) is 0. The summed E-state index contributed by atoms with van der Waals surface area (Å²) in [5.41, 5.74) is 5.17. The topological polar surface area (TPSA) is 61.9 Å². The Morgan fingerprint density at radius 1 is 1.20 bits per heavy atom. The molecule has 30 heavy (non-hydrogen) atoms. The van der Waals surface area contributed by atoms with Crippen molar-refractivity contribution in [1.82, 2.24) is 19.9 Å². The minimum Gasteiger partial charge on any atom is -0.342 e. The summed E-state index contributed by atoms with van der Waals surface area (Å²) in [5.74, 6) is 0.627. The molecule has 4 aromatic rings. The van der Waals surface area contributed by atoms with Crippen LogP contribution in [0.2, 0.25) is 0 Å². The van der Waals surface area contributed by atoms with Gasteiger partial charge in [0.1, 0.15) is 17.3 Å². The Labute approximate surface area is 177 Å². The summed E-state index contributed by atoms with van der Waals surface area (Å²) in [4.78, 5) is 28.6. The smallest absolute Gasteiger partial charge is 0.273 e. The van der Waals surface area contributed by atoms with E-state index in [1.54, 1.807) is 17.6 Å². The van der Waals surface area contributed by atoms with E-state index >= 15 is 0 Å². The Morgan fingerprint density at radius 3 is 2.87 bits per heavy atom. The zero-order chi connectivity index (χ0) is 20.5. The van der Waals surface area contributed by atoms with Crippen LogP contribution >= 0.6 is 11.3 Å². The largest absolute Gasteiger partial charge is 0.342 e. The van der Waals surface area contributed by atoms with E-state index in [4.69, 9.17) is 0 Å². The first-order chi connectivity index (χ1) is 14.7. The van der Waals surface area contributed by atoms with Gasteiger partial charge in [-0.1, -0.05) is 24.3 Å². The SMILES string of the molecule is O=C(c1ncsc1Cc1ccc(F)cc1)N1CCCC1Cc1nc2ccccc2[nH]1. The second-order valence-corrected chi connectivity index (χ2v) is 8.57. The van der Waals surface area contributed by atoms with Crippen LogP contribution in [-0.4, -0.2) is 38.3 Å². The number of imidazole rings is 1. The molecule has 7 heteroatoms. The predicted octanol–water partition coefficient (Wildman–Crippen LogP) is 4.60. The summed E-state index contributed by atoms with van der Waals surface area (Å²) in [5, 5.41) is 0. The van der Waals surface area contributed by atoms with Gasteiger partial charge in [-0.25, -0.2) is 14.4 Å². The number of para-hydroxylation sites is 2. The van der Waals surface area contributed by atoms with E-state index in [0.717, 1.165) is 46.7 Å². The monoisotopic (exact) mass is 420 g/mol. The molecule has 1 atom stereocenters. The third-order valence-corrected chi connectivity index (χ3v) is 6.46. The number of aromatic amines is 1. The summed E-state index contributed by atoms with van der Waals surface area (Å²) in [6, 6.07) is 14.5. The maximum Gasteiger partial charge on any atom is 0.273 e. The molecule has 5 nitrogen and oxygen atoms in total. The van der Waals surface area contributed by atoms with E-state index in [-0.39, 0.29) is 17.8 Å². The Bertz CT molecular complexity index is 1150. The lowest BCUT2D eigenvalue weighted by molar-refractivity contribution is 0.0729. The lowest BCUT2D eigenvalue weighted by Crippen LogP contribution is -2.37. The third kappa shape index (κ3) is 3.73. The molecule has 5 rings (SSSR count). The van der Waals surface area contributed by atoms with Gasteiger partial charge in [0.2, 0.25) is 0 Å². The first-order valence-electron chi connectivity index (χ1n) is 10.1. The minimum atomic E-state index is -0.259. The van der Waals surface area contributed by atoms with Crippen molar-refractivity contribution < 1.29 is 9.18 Å². The molecule has 3 heterocycles. The number of fused-ring (bicyclic) bond motifs is 1. The molecule has 0 saturated carbocycles. The Balaban J connectivity index is 1.34. The second kappa shape index (κ2) is 7.99. The summed E-state index contributed by atoms with van der Waals surface area (Å²) < 4.78 is 13.2. The summed E-state index contributed by atoms with van der Waals surface area (Å²) in [6.45, 7) is 0.733. The average molecular weight is 421 g/mol. The van der Waals surface area contributed by atoms with Crippen LogP contribution < -0.4 is 0 Å². The second-order valence-electron chi connectivity index (χ2n) is 7.63. The van der Waals surface area contributed by atoms with E-state index in [0.29, 0.717) is 18.5 Å². The molecule has 2 aromatic heterocycles. The van der Waals surface area contributed by atoms with E-state index in [9.17, 15) is 9.18 Å². The van der Waals surface area contributed by atoms with E-state index in [2.05, 4.69) is 15.0 Å². The highest BCUT2D eigenvalue weighted by Gasteiger charge is 2.32. The van der Waals surface area contributed by atoms with Gasteiger partial charge in [-0.05, 0) is 42.7 Å². The van der Waals surface area contributed by atoms with Crippen LogP contribution in [0, 0.1) is 5.82 Å². The van der Waals surface area contributed by atoms with Gasteiger partial charge >= 0.3 is 0 Å². The number of rotatable bonds is 5. The maximum absolute atomic E-state index is 13.3. The van der Waals surface area contributed by atoms with Gasteiger partial charge in [0.05, 0.1) is 16.5 Å². The van der Waals surface area contributed by atoms with Crippen LogP contribution in [0.5, 0.6) is 0 Å². The van der Waals surface area contributed by atoms with E-state index in [1.807, 2.05) is 29.2 Å². The number of nitrogens with one attached hydrogen (secondary N) is 1. The highest BCUT2D eigenvalue weighted by molar-refractivity contribution is 7.10. The summed E-state index contributed by atoms with van der Waals surface area (Å²) >= 11 is 1.47. The van der Waals surface area contributed by atoms with Crippen molar-refractivity contribution in [3.8, 4) is 0 Å². The number of thiazole rings is 1. The first kappa shape index (κ1) is 18.9. The molecule has 1 N–H and O–H groups in total. The zero-order valence-corrected chi connectivity index (χ0v) is 17.2. The van der Waals surface area contributed by atoms with Gasteiger partial charge in [-0.15, -0.1) is 11.3 Å². The molecule has 1 unspecified atom stereocenters. The van der Waals surface area contributed by atoms with Crippen LogP contribution in [0.25, 0.3) is 11.0 Å². The van der Waals surface area contributed by atoms with Gasteiger partial charge in [0, 0.05) is 30.3 Å². The van der Waals surface area contributed by atoms with Crippen molar-refractivity contribution in [1.29, 1.82) is 0 Å². The van der Waals surface area contributed by atoms with Crippen LogP contribution in [0.1, 0.15) is 39.6 Å². The number of hydrogen-bond donors (Lipinski definition) is 1. The molecule has 1 aliphatic heterocycles. The van der Waals surface area contributed by atoms with Gasteiger partial charge < -0.3 is 9.88 Å². The maximum atomic E-state index is 13.3. The molecule has 2 aromatic carbocycles. The fourth-order valence-corrected chi connectivity index (χ4v) is 4.92. The lowest BCUT2D eigenvalue weighted by Gasteiger charge is -2.23. The molecule has 1 amide bonds. The summed E-state index contributed by atoms with van der Waals surface area (Å²) in [6.07, 6.45) is 3.22. The molecule has 0 aliphatic carbocycles. The molecule has 0 bridgehead atoms. The Kier molecular flexibility index (Phi) is 5.04. The molecule has 1 fully saturated rings. The highest BCUT2D eigenvalue weighted by atomic mass is 32.1. The number of aromatic nitrogens is 3. The number of carbonyl (C=O) groups excluding carboxylic acids is 1. The third-order valence-electron chi connectivity index (χ3n) is 5.63. The molecule has 1 aliphatic rings. The standard InChI is InChI=1S/C23H21FN4OS/c24-16-9-7-15(8-10-16)12-20-22(25-14-30-20)23(29)28-11-3-4-17(28)13-21-26-18-5-1-2-6-19(18)27-21/h1-2,5-10,14,17H,3-4,11-13H2,(H,26,27). The predicted molar refractivity (Wildman–Crippen MR) is 115 cm³/mol. The first-order valence-corrected chi connectivity index (χ1v) is 11.0. The molecule has 0 spiro atoms. The number of likely N-dealkylation sites (tertiary alicyclic amines) is 1. The molecule has 152 valence electrons. The number of carbonyl (C=O) groups is 1. The number of hydrogen-bond acceptors (Lipinski definition) is 4. The number of H-pyrrole nitrogens is 1. The van der Waals surface area contributed by atoms with Crippen LogP contribution in [0.4, 0.5) is 4.39 Å². The molecular weight excluding hydrogens is 399 g/mol. The van der Waals surface area contributed by atoms with Crippen molar-refractivity contribution in [2.24, 2.45) is 0 Å². The highest BCUT2D eigenvalue weighted by Crippen LogP contribution is 2.26. The Morgan fingerprint density at radius 2 is 2.03 bits per heavy atom. The van der Waals surface area contributed by atoms with Crippen molar-refractivity contribution in [3.63, 3.8) is 0 Å². The van der Waals surface area contributed by atoms with E-state index in [1.165, 1.54) is 23.5 Å².